The Bertz CT molecular complexity index is 498. The number of halogens is 1. The Kier molecular flexibility index (Phi) is 12.0. The zero-order valence-electron chi connectivity index (χ0n) is 15.6. The molecule has 2 aliphatic rings. The van der Waals surface area contributed by atoms with Crippen molar-refractivity contribution in [1.29, 1.82) is 0 Å². The van der Waals surface area contributed by atoms with E-state index in [9.17, 15) is 8.42 Å². The van der Waals surface area contributed by atoms with Crippen LogP contribution in [0.3, 0.4) is 0 Å². The molecule has 0 aromatic heterocycles. The van der Waals surface area contributed by atoms with E-state index in [0.717, 1.165) is 45.0 Å². The van der Waals surface area contributed by atoms with Crippen molar-refractivity contribution in [3.63, 3.8) is 0 Å². The van der Waals surface area contributed by atoms with Crippen LogP contribution in [0.15, 0.2) is 4.99 Å². The van der Waals surface area contributed by atoms with Crippen LogP contribution in [0.4, 0.5) is 0 Å². The predicted molar refractivity (Wildman–Crippen MR) is 114 cm³/mol. The molecule has 26 heavy (non-hydrogen) atoms. The third-order valence-electron chi connectivity index (χ3n) is 4.32. The molecule has 1 unspecified atom stereocenters. The van der Waals surface area contributed by atoms with E-state index in [1.54, 1.807) is 0 Å². The van der Waals surface area contributed by atoms with Crippen molar-refractivity contribution in [2.24, 2.45) is 4.99 Å². The van der Waals surface area contributed by atoms with Gasteiger partial charge in [-0.15, -0.1) is 24.0 Å². The van der Waals surface area contributed by atoms with Gasteiger partial charge < -0.3 is 20.1 Å². The standard InChI is InChI=1S/C16H32N4O4S.HI/c1-2-17-16(18-5-3-10-24-15-4-11-23-14-15)19-6-7-20-8-12-25(21,22)13-9-20;/h15H,2-14H2,1H3,(H2,17,18,19);1H. The minimum absolute atomic E-state index is 0. The summed E-state index contributed by atoms with van der Waals surface area (Å²) in [5.74, 6) is 1.34. The summed E-state index contributed by atoms with van der Waals surface area (Å²) in [6.45, 7) is 8.61. The largest absolute Gasteiger partial charge is 0.379 e. The first kappa shape index (κ1) is 23.9. The maximum Gasteiger partial charge on any atom is 0.191 e. The second kappa shape index (κ2) is 13.1. The lowest BCUT2D eigenvalue weighted by Crippen LogP contribution is -2.46. The van der Waals surface area contributed by atoms with Crippen molar-refractivity contribution < 1.29 is 17.9 Å². The second-order valence-electron chi connectivity index (χ2n) is 6.39. The fourth-order valence-corrected chi connectivity index (χ4v) is 4.07. The average Bonchev–Trinajstić information content (AvgIpc) is 3.09. The predicted octanol–water partition coefficient (Wildman–Crippen LogP) is 0.0855. The Balaban J connectivity index is 0.00000338. The normalized spacial score (nSPS) is 23.4. The van der Waals surface area contributed by atoms with Crippen LogP contribution in [-0.2, 0) is 19.3 Å². The first-order chi connectivity index (χ1) is 12.1. The summed E-state index contributed by atoms with van der Waals surface area (Å²) in [6.07, 6.45) is 2.13. The van der Waals surface area contributed by atoms with Gasteiger partial charge in [-0.2, -0.15) is 0 Å². The minimum atomic E-state index is -2.81. The van der Waals surface area contributed by atoms with E-state index in [1.807, 2.05) is 6.92 Å². The molecule has 2 fully saturated rings. The molecule has 0 aliphatic carbocycles. The van der Waals surface area contributed by atoms with Crippen LogP contribution in [0, 0.1) is 0 Å². The molecule has 0 radical (unpaired) electrons. The number of nitrogens with zero attached hydrogens (tertiary/aromatic N) is 2. The first-order valence-electron chi connectivity index (χ1n) is 9.23. The highest BCUT2D eigenvalue weighted by molar-refractivity contribution is 14.0. The summed E-state index contributed by atoms with van der Waals surface area (Å²) in [4.78, 5) is 6.73. The zero-order chi connectivity index (χ0) is 18.0. The molecule has 0 bridgehead atoms. The van der Waals surface area contributed by atoms with Crippen LogP contribution in [0.1, 0.15) is 19.8 Å². The molecule has 2 saturated heterocycles. The summed E-state index contributed by atoms with van der Waals surface area (Å²) >= 11 is 0. The van der Waals surface area contributed by atoms with E-state index >= 15 is 0 Å². The number of hydrogen-bond acceptors (Lipinski definition) is 6. The number of hydrogen-bond donors (Lipinski definition) is 2. The molecular weight excluding hydrogens is 471 g/mol. The third kappa shape index (κ3) is 9.67. The minimum Gasteiger partial charge on any atom is -0.379 e. The maximum atomic E-state index is 11.4. The van der Waals surface area contributed by atoms with Gasteiger partial charge in [0.1, 0.15) is 0 Å². The van der Waals surface area contributed by atoms with Crippen molar-refractivity contribution in [1.82, 2.24) is 15.5 Å². The molecule has 2 aliphatic heterocycles. The van der Waals surface area contributed by atoms with Crippen molar-refractivity contribution in [3.8, 4) is 0 Å². The van der Waals surface area contributed by atoms with Crippen LogP contribution < -0.4 is 10.6 Å². The molecule has 2 heterocycles. The monoisotopic (exact) mass is 504 g/mol. The highest BCUT2D eigenvalue weighted by atomic mass is 127. The van der Waals surface area contributed by atoms with Gasteiger partial charge in [0.05, 0.1) is 24.2 Å². The lowest BCUT2D eigenvalue weighted by molar-refractivity contribution is 0.0424. The second-order valence-corrected chi connectivity index (χ2v) is 8.69. The number of ether oxygens (including phenoxy) is 2. The van der Waals surface area contributed by atoms with E-state index in [0.29, 0.717) is 32.8 Å². The van der Waals surface area contributed by atoms with Crippen molar-refractivity contribution >= 4 is 39.8 Å². The van der Waals surface area contributed by atoms with Crippen molar-refractivity contribution in [2.45, 2.75) is 25.9 Å². The number of aliphatic imine (C=N–C) groups is 1. The van der Waals surface area contributed by atoms with Crippen LogP contribution >= 0.6 is 24.0 Å². The molecule has 0 spiro atoms. The van der Waals surface area contributed by atoms with Crippen LogP contribution in [0.5, 0.6) is 0 Å². The van der Waals surface area contributed by atoms with Crippen LogP contribution in [0.25, 0.3) is 0 Å². The lowest BCUT2D eigenvalue weighted by atomic mass is 10.3. The van der Waals surface area contributed by atoms with E-state index in [1.165, 1.54) is 0 Å². The van der Waals surface area contributed by atoms with Crippen LogP contribution in [-0.4, -0.2) is 96.0 Å². The Hall–Kier alpha value is -0.170. The maximum absolute atomic E-state index is 11.4. The molecular formula is C16H33IN4O4S. The van der Waals surface area contributed by atoms with Gasteiger partial charge in [-0.25, -0.2) is 8.42 Å². The molecule has 2 N–H and O–H groups in total. The molecule has 0 saturated carbocycles. The Morgan fingerprint density at radius 2 is 2.08 bits per heavy atom. The van der Waals surface area contributed by atoms with Gasteiger partial charge in [0.15, 0.2) is 15.8 Å². The van der Waals surface area contributed by atoms with E-state index in [-0.39, 0.29) is 41.6 Å². The number of rotatable bonds is 9. The quantitative estimate of drug-likeness (QED) is 0.199. The van der Waals surface area contributed by atoms with Gasteiger partial charge in [-0.05, 0) is 19.8 Å². The number of guanidine groups is 1. The van der Waals surface area contributed by atoms with Crippen molar-refractivity contribution in [2.75, 3.05) is 70.6 Å². The third-order valence-corrected chi connectivity index (χ3v) is 5.92. The summed E-state index contributed by atoms with van der Waals surface area (Å²) in [7, 11) is -2.81. The smallest absolute Gasteiger partial charge is 0.191 e. The van der Waals surface area contributed by atoms with E-state index in [4.69, 9.17) is 9.47 Å². The molecule has 2 rings (SSSR count). The number of sulfone groups is 1. The van der Waals surface area contributed by atoms with Gasteiger partial charge in [-0.1, -0.05) is 0 Å². The molecule has 10 heteroatoms. The van der Waals surface area contributed by atoms with Crippen molar-refractivity contribution in [3.05, 3.63) is 0 Å². The van der Waals surface area contributed by atoms with E-state index in [2.05, 4.69) is 20.5 Å². The highest BCUT2D eigenvalue weighted by Gasteiger charge is 2.20. The molecule has 0 amide bonds. The Morgan fingerprint density at radius 3 is 2.73 bits per heavy atom. The molecule has 154 valence electrons. The Labute approximate surface area is 174 Å². The van der Waals surface area contributed by atoms with E-state index < -0.39 is 9.84 Å². The highest BCUT2D eigenvalue weighted by Crippen LogP contribution is 2.08. The topological polar surface area (TPSA) is 92.3 Å². The van der Waals surface area contributed by atoms with Crippen LogP contribution in [0.2, 0.25) is 0 Å². The van der Waals surface area contributed by atoms with Gasteiger partial charge in [0, 0.05) is 52.5 Å². The first-order valence-corrected chi connectivity index (χ1v) is 11.1. The fourth-order valence-electron chi connectivity index (χ4n) is 2.80. The molecule has 0 aromatic rings. The summed E-state index contributed by atoms with van der Waals surface area (Å²) in [6, 6.07) is 0. The van der Waals surface area contributed by atoms with Gasteiger partial charge in [0.2, 0.25) is 0 Å². The summed E-state index contributed by atoms with van der Waals surface area (Å²) in [5.41, 5.74) is 0. The molecule has 1 atom stereocenters. The van der Waals surface area contributed by atoms with Gasteiger partial charge in [0.25, 0.3) is 0 Å². The summed E-state index contributed by atoms with van der Waals surface area (Å²) < 4.78 is 33.9. The molecule has 0 aromatic carbocycles. The number of nitrogens with one attached hydrogen (secondary N) is 2. The SMILES string of the molecule is CCNC(=NCCCOC1CCOC1)NCCN1CCS(=O)(=O)CC1.I. The average molecular weight is 504 g/mol. The fraction of sp³-hybridized carbons (Fsp3) is 0.938. The zero-order valence-corrected chi connectivity index (χ0v) is 18.8. The molecule has 8 nitrogen and oxygen atoms in total. The van der Waals surface area contributed by atoms with Gasteiger partial charge in [-0.3, -0.25) is 9.89 Å². The Morgan fingerprint density at radius 1 is 1.31 bits per heavy atom. The summed E-state index contributed by atoms with van der Waals surface area (Å²) in [5, 5.41) is 6.54. The van der Waals surface area contributed by atoms with Gasteiger partial charge >= 0.3 is 0 Å². The lowest BCUT2D eigenvalue weighted by Gasteiger charge is -2.26.